The standard InChI is InChI=1S/C21H22BrN5O8/c1-11(5-6-35-13(3)29)15-9-17(23-12(2)28)18(10-20(15)34-4)24-25-21-16(22)7-14(26(30)31)8-19(21)27(32)33/h7-11H,5-6H2,1-4H3,(H,23,28). The van der Waals surface area contributed by atoms with E-state index in [2.05, 4.69) is 31.5 Å². The summed E-state index contributed by atoms with van der Waals surface area (Å²) >= 11 is 3.07. The molecule has 0 fully saturated rings. The first-order valence-corrected chi connectivity index (χ1v) is 10.9. The van der Waals surface area contributed by atoms with Crippen LogP contribution in [0.15, 0.2) is 39.0 Å². The Labute approximate surface area is 207 Å². The molecule has 1 amide bonds. The normalized spacial score (nSPS) is 11.7. The minimum Gasteiger partial charge on any atom is -0.496 e. The number of rotatable bonds is 10. The fourth-order valence-corrected chi connectivity index (χ4v) is 3.59. The Morgan fingerprint density at radius 2 is 1.80 bits per heavy atom. The number of methoxy groups -OCH3 is 1. The first-order chi connectivity index (χ1) is 16.4. The van der Waals surface area contributed by atoms with Crippen molar-refractivity contribution in [1.82, 2.24) is 0 Å². The van der Waals surface area contributed by atoms with Crippen molar-refractivity contribution >= 4 is 56.2 Å². The molecule has 0 heterocycles. The molecule has 0 spiro atoms. The van der Waals surface area contributed by atoms with Gasteiger partial charge < -0.3 is 14.8 Å². The van der Waals surface area contributed by atoms with Crippen LogP contribution in [0.3, 0.4) is 0 Å². The molecule has 0 aromatic heterocycles. The van der Waals surface area contributed by atoms with Gasteiger partial charge in [-0.15, -0.1) is 10.2 Å². The fourth-order valence-electron chi connectivity index (χ4n) is 3.07. The van der Waals surface area contributed by atoms with Gasteiger partial charge in [-0.2, -0.15) is 0 Å². The summed E-state index contributed by atoms with van der Waals surface area (Å²) in [5.74, 6) is -0.522. The van der Waals surface area contributed by atoms with Crippen LogP contribution in [0.25, 0.3) is 0 Å². The summed E-state index contributed by atoms with van der Waals surface area (Å²) in [5.41, 5.74) is -0.268. The molecular weight excluding hydrogens is 530 g/mol. The molecule has 1 N–H and O–H groups in total. The number of nitrogens with zero attached hydrogens (tertiary/aromatic N) is 4. The van der Waals surface area contributed by atoms with E-state index in [-0.39, 0.29) is 34.1 Å². The molecule has 0 aliphatic heterocycles. The van der Waals surface area contributed by atoms with Gasteiger partial charge in [-0.1, -0.05) is 6.92 Å². The number of benzene rings is 2. The number of nitrogens with one attached hydrogen (secondary N) is 1. The Balaban J connectivity index is 2.55. The predicted molar refractivity (Wildman–Crippen MR) is 129 cm³/mol. The van der Waals surface area contributed by atoms with Crippen LogP contribution in [-0.4, -0.2) is 35.4 Å². The van der Waals surface area contributed by atoms with Gasteiger partial charge in [-0.25, -0.2) is 0 Å². The van der Waals surface area contributed by atoms with Gasteiger partial charge in [-0.3, -0.25) is 29.8 Å². The molecule has 0 aliphatic rings. The van der Waals surface area contributed by atoms with E-state index in [0.29, 0.717) is 17.7 Å². The van der Waals surface area contributed by atoms with Crippen LogP contribution in [0.1, 0.15) is 38.7 Å². The first-order valence-electron chi connectivity index (χ1n) is 10.1. The van der Waals surface area contributed by atoms with Gasteiger partial charge in [0.25, 0.3) is 5.69 Å². The van der Waals surface area contributed by atoms with Gasteiger partial charge in [-0.05, 0) is 39.9 Å². The topological polar surface area (TPSA) is 176 Å². The van der Waals surface area contributed by atoms with Crippen LogP contribution >= 0.6 is 15.9 Å². The summed E-state index contributed by atoms with van der Waals surface area (Å²) in [6.45, 7) is 4.69. The highest BCUT2D eigenvalue weighted by atomic mass is 79.9. The second-order valence-electron chi connectivity index (χ2n) is 7.33. The Morgan fingerprint density at radius 3 is 2.34 bits per heavy atom. The van der Waals surface area contributed by atoms with Gasteiger partial charge in [0.05, 0.1) is 39.8 Å². The van der Waals surface area contributed by atoms with E-state index in [1.165, 1.54) is 27.0 Å². The van der Waals surface area contributed by atoms with Crippen molar-refractivity contribution in [2.75, 3.05) is 19.0 Å². The summed E-state index contributed by atoms with van der Waals surface area (Å²) in [6.07, 6.45) is 0.484. The number of halogens is 1. The summed E-state index contributed by atoms with van der Waals surface area (Å²) in [7, 11) is 1.44. The molecule has 14 heteroatoms. The number of non-ortho nitro benzene ring substituents is 1. The van der Waals surface area contributed by atoms with E-state index in [9.17, 15) is 29.8 Å². The predicted octanol–water partition coefficient (Wildman–Crippen LogP) is 5.70. The molecule has 2 aromatic carbocycles. The van der Waals surface area contributed by atoms with Crippen LogP contribution in [0.2, 0.25) is 0 Å². The molecule has 0 radical (unpaired) electrons. The number of ether oxygens (including phenoxy) is 2. The van der Waals surface area contributed by atoms with Crippen LogP contribution in [0.4, 0.5) is 28.4 Å². The minimum atomic E-state index is -0.810. The van der Waals surface area contributed by atoms with E-state index in [4.69, 9.17) is 9.47 Å². The maximum absolute atomic E-state index is 11.8. The number of nitro groups is 2. The Hall–Kier alpha value is -3.94. The molecular formula is C21H22BrN5O8. The van der Waals surface area contributed by atoms with Crippen molar-refractivity contribution in [3.8, 4) is 5.75 Å². The highest BCUT2D eigenvalue weighted by molar-refractivity contribution is 9.10. The monoisotopic (exact) mass is 551 g/mol. The Morgan fingerprint density at radius 1 is 1.11 bits per heavy atom. The molecule has 0 bridgehead atoms. The van der Waals surface area contributed by atoms with Crippen LogP contribution in [0.5, 0.6) is 5.75 Å². The van der Waals surface area contributed by atoms with Gasteiger partial charge in [0.1, 0.15) is 11.4 Å². The number of hydrogen-bond acceptors (Lipinski definition) is 10. The molecule has 0 aliphatic carbocycles. The third-order valence-corrected chi connectivity index (χ3v) is 5.34. The second-order valence-corrected chi connectivity index (χ2v) is 8.19. The van der Waals surface area contributed by atoms with E-state index < -0.39 is 33.1 Å². The average Bonchev–Trinajstić information content (AvgIpc) is 2.77. The van der Waals surface area contributed by atoms with Gasteiger partial charge in [0.15, 0.2) is 5.69 Å². The third kappa shape index (κ3) is 7.27. The van der Waals surface area contributed by atoms with Crippen molar-refractivity contribution in [3.05, 3.63) is 54.5 Å². The molecule has 35 heavy (non-hydrogen) atoms. The van der Waals surface area contributed by atoms with Crippen molar-refractivity contribution < 1.29 is 28.9 Å². The zero-order chi connectivity index (χ0) is 26.3. The maximum atomic E-state index is 11.8. The van der Waals surface area contributed by atoms with Crippen molar-refractivity contribution in [2.45, 2.75) is 33.1 Å². The molecule has 1 atom stereocenters. The summed E-state index contributed by atoms with van der Waals surface area (Å²) in [5, 5.41) is 33.2. The number of carbonyl (C=O) groups excluding carboxylic acids is 2. The molecule has 2 rings (SSSR count). The molecule has 0 saturated heterocycles. The quantitative estimate of drug-likeness (QED) is 0.169. The summed E-state index contributed by atoms with van der Waals surface area (Å²) in [6, 6.07) is 4.98. The lowest BCUT2D eigenvalue weighted by Crippen LogP contribution is -2.09. The maximum Gasteiger partial charge on any atom is 0.304 e. The zero-order valence-corrected chi connectivity index (χ0v) is 20.8. The van der Waals surface area contributed by atoms with E-state index >= 15 is 0 Å². The zero-order valence-electron chi connectivity index (χ0n) is 19.2. The smallest absolute Gasteiger partial charge is 0.304 e. The van der Waals surface area contributed by atoms with E-state index in [0.717, 1.165) is 12.1 Å². The lowest BCUT2D eigenvalue weighted by Gasteiger charge is -2.18. The van der Waals surface area contributed by atoms with E-state index in [1.807, 2.05) is 6.92 Å². The highest BCUT2D eigenvalue weighted by Crippen LogP contribution is 2.42. The molecule has 186 valence electrons. The third-order valence-electron chi connectivity index (χ3n) is 4.74. The van der Waals surface area contributed by atoms with Gasteiger partial charge in [0.2, 0.25) is 5.91 Å². The molecule has 2 aromatic rings. The van der Waals surface area contributed by atoms with Crippen molar-refractivity contribution in [1.29, 1.82) is 0 Å². The number of hydrogen-bond donors (Lipinski definition) is 1. The lowest BCUT2D eigenvalue weighted by molar-refractivity contribution is -0.393. The van der Waals surface area contributed by atoms with Gasteiger partial charge >= 0.3 is 11.7 Å². The molecule has 13 nitrogen and oxygen atoms in total. The number of anilines is 1. The second kappa shape index (κ2) is 12.0. The highest BCUT2D eigenvalue weighted by Gasteiger charge is 2.24. The number of azo groups is 1. The summed E-state index contributed by atoms with van der Waals surface area (Å²) < 4.78 is 10.4. The summed E-state index contributed by atoms with van der Waals surface area (Å²) in [4.78, 5) is 43.8. The molecule has 0 saturated carbocycles. The largest absolute Gasteiger partial charge is 0.496 e. The SMILES string of the molecule is COc1cc(N=Nc2c(Br)cc([N+](=O)[O-])cc2[N+](=O)[O-])c(NC(C)=O)cc1C(C)CCOC(C)=O. The fraction of sp³-hybridized carbons (Fsp3) is 0.333. The number of esters is 1. The Bertz CT molecular complexity index is 1200. The Kier molecular flexibility index (Phi) is 9.34. The average molecular weight is 552 g/mol. The number of carbonyl (C=O) groups is 2. The number of nitro benzene ring substituents is 2. The van der Waals surface area contributed by atoms with Gasteiger partial charge in [0, 0.05) is 26.0 Å². The van der Waals surface area contributed by atoms with E-state index in [1.54, 1.807) is 6.07 Å². The van der Waals surface area contributed by atoms with Crippen molar-refractivity contribution in [2.24, 2.45) is 10.2 Å². The van der Waals surface area contributed by atoms with Crippen LogP contribution in [0, 0.1) is 20.2 Å². The van der Waals surface area contributed by atoms with Crippen LogP contribution < -0.4 is 10.1 Å². The lowest BCUT2D eigenvalue weighted by atomic mass is 9.96. The molecule has 1 unspecified atom stereocenters. The minimum absolute atomic E-state index is 0.00842. The number of amides is 1. The van der Waals surface area contributed by atoms with Crippen LogP contribution in [-0.2, 0) is 14.3 Å². The van der Waals surface area contributed by atoms with Crippen molar-refractivity contribution in [3.63, 3.8) is 0 Å². The first kappa shape index (κ1) is 27.3.